The van der Waals surface area contributed by atoms with Crippen LogP contribution in [0.2, 0.25) is 0 Å². The number of rotatable bonds is 10. The summed E-state index contributed by atoms with van der Waals surface area (Å²) in [6.45, 7) is 19.1. The summed E-state index contributed by atoms with van der Waals surface area (Å²) in [6.07, 6.45) is 3.12. The maximum Gasteiger partial charge on any atom is 0.319 e. The summed E-state index contributed by atoms with van der Waals surface area (Å²) in [5.74, 6) is -1.19. The molecule has 4 rings (SSSR count). The number of hydrogen-bond donors (Lipinski definition) is 3. The maximum absolute atomic E-state index is 14.2. The normalized spacial score (nSPS) is 31.8. The second-order valence-corrected chi connectivity index (χ2v) is 15.9. The van der Waals surface area contributed by atoms with Crippen molar-refractivity contribution in [3.63, 3.8) is 0 Å². The van der Waals surface area contributed by atoms with Gasteiger partial charge in [0.15, 0.2) is 12.1 Å². The highest BCUT2D eigenvalue weighted by Gasteiger charge is 2.49. The number of hydrogen-bond acceptors (Lipinski definition) is 10. The zero-order chi connectivity index (χ0) is 35.9. The van der Waals surface area contributed by atoms with Gasteiger partial charge in [-0.1, -0.05) is 52.8 Å². The summed E-state index contributed by atoms with van der Waals surface area (Å²) in [7, 11) is 0. The molecule has 0 amide bonds. The molecule has 0 spiro atoms. The highest BCUT2D eigenvalue weighted by atomic mass is 16.7. The van der Waals surface area contributed by atoms with Crippen LogP contribution in [0.3, 0.4) is 0 Å². The minimum atomic E-state index is -1.39. The molecule has 1 aromatic carbocycles. The van der Waals surface area contributed by atoms with Gasteiger partial charge in [-0.05, 0) is 95.0 Å². The van der Waals surface area contributed by atoms with Crippen molar-refractivity contribution in [1.82, 2.24) is 15.2 Å². The first-order valence-electron chi connectivity index (χ1n) is 18.4. The van der Waals surface area contributed by atoms with E-state index in [2.05, 4.69) is 55.0 Å². The molecule has 2 saturated heterocycles. The van der Waals surface area contributed by atoms with Crippen LogP contribution in [0.4, 0.5) is 0 Å². The van der Waals surface area contributed by atoms with Crippen molar-refractivity contribution in [2.75, 3.05) is 26.2 Å². The third kappa shape index (κ3) is 10.1. The van der Waals surface area contributed by atoms with Gasteiger partial charge in [-0.25, -0.2) is 0 Å². The summed E-state index contributed by atoms with van der Waals surface area (Å²) in [5, 5.41) is 15.6. The van der Waals surface area contributed by atoms with Gasteiger partial charge in [-0.15, -0.1) is 0 Å². The molecule has 1 aromatic heterocycles. The number of pyridine rings is 1. The molecule has 0 bridgehead atoms. The van der Waals surface area contributed by atoms with Crippen molar-refractivity contribution in [2.24, 2.45) is 28.4 Å². The van der Waals surface area contributed by atoms with Gasteiger partial charge in [-0.2, -0.15) is 0 Å². The Morgan fingerprint density at radius 3 is 2.61 bits per heavy atom. The van der Waals surface area contributed by atoms with Crippen LogP contribution in [0.1, 0.15) is 93.1 Å². The molecule has 2 aliphatic rings. The Morgan fingerprint density at radius 1 is 1.14 bits per heavy atom. The lowest BCUT2D eigenvalue weighted by Crippen LogP contribution is -2.56. The number of cyclic esters (lactones) is 1. The fraction of sp³-hybridized carbons (Fsp3) is 0.718. The van der Waals surface area contributed by atoms with Gasteiger partial charge in [0.25, 0.3) is 0 Å². The molecule has 8 atom stereocenters. The highest BCUT2D eigenvalue weighted by molar-refractivity contribution is 6.04. The van der Waals surface area contributed by atoms with Gasteiger partial charge >= 0.3 is 5.97 Å². The van der Waals surface area contributed by atoms with E-state index in [4.69, 9.17) is 19.9 Å². The number of aromatic nitrogens is 1. The number of nitrogens with one attached hydrogen (secondary N) is 1. The number of aliphatic hydroxyl groups is 1. The number of aliphatic hydroxyl groups excluding tert-OH is 1. The standard InChI is InChI=1S/C39H62N4O6/c1-9-17-43-23-25(2)20-38(5,6)35(49-36-33(44)31(40)18-26(3)48-36)27(4)34(45)39(7,8)37(46)47-24-30(43)14-12-16-41-21-28-19-29-13-10-11-15-32(29)42-22-28/h10-11,13,15,19,22,25-27,30-31,33,35-36,41,44H,9,12,14,16-18,20-21,23-24,40H2,1-8H3/t25-,26-,27+,30-,31+,33-,35-,36+/m1/s1. The van der Waals surface area contributed by atoms with Crippen molar-refractivity contribution >= 4 is 22.7 Å². The molecule has 3 heterocycles. The van der Waals surface area contributed by atoms with Crippen LogP contribution in [0.15, 0.2) is 36.5 Å². The highest BCUT2D eigenvalue weighted by Crippen LogP contribution is 2.41. The second-order valence-electron chi connectivity index (χ2n) is 15.9. The van der Waals surface area contributed by atoms with Gasteiger partial charge in [0.2, 0.25) is 0 Å². The van der Waals surface area contributed by atoms with Crippen LogP contribution in [0.5, 0.6) is 0 Å². The Labute approximate surface area is 293 Å². The molecule has 0 unspecified atom stereocenters. The first-order chi connectivity index (χ1) is 23.1. The lowest BCUT2D eigenvalue weighted by atomic mass is 9.69. The third-order valence-corrected chi connectivity index (χ3v) is 10.5. The molecular formula is C39H62N4O6. The Kier molecular flexibility index (Phi) is 13.8. The SMILES string of the molecule is CCCN1C[C@H](C)CC(C)(C)[C@H](O[C@@H]2O[C@H](C)C[C@H](N)[C@H]2O)[C@@H](C)C(=O)C(C)(C)C(=O)OC[C@H]1CCCNCc1cnc2ccccc2c1. The number of fused-ring (bicyclic) bond motifs is 1. The predicted octanol–water partition coefficient (Wildman–Crippen LogP) is 5.23. The Hall–Kier alpha value is -2.47. The van der Waals surface area contributed by atoms with Crippen LogP contribution < -0.4 is 11.1 Å². The van der Waals surface area contributed by atoms with Crippen LogP contribution in [-0.2, 0) is 30.3 Å². The molecule has 2 fully saturated rings. The number of ketones is 1. The van der Waals surface area contributed by atoms with Crippen molar-refractivity contribution in [3.05, 3.63) is 42.1 Å². The van der Waals surface area contributed by atoms with E-state index in [9.17, 15) is 14.7 Å². The second kappa shape index (κ2) is 17.2. The van der Waals surface area contributed by atoms with E-state index in [1.54, 1.807) is 13.8 Å². The number of carbonyl (C=O) groups is 2. The Bertz CT molecular complexity index is 1380. The maximum atomic E-state index is 14.2. The lowest BCUT2D eigenvalue weighted by molar-refractivity contribution is -0.277. The van der Waals surface area contributed by atoms with E-state index in [0.29, 0.717) is 6.42 Å². The van der Waals surface area contributed by atoms with E-state index in [1.807, 2.05) is 38.2 Å². The number of carbonyl (C=O) groups excluding carboxylic acids is 2. The van der Waals surface area contributed by atoms with Gasteiger partial charge in [-0.3, -0.25) is 19.5 Å². The number of nitrogens with zero attached hydrogens (tertiary/aromatic N) is 2. The summed E-state index contributed by atoms with van der Waals surface area (Å²) in [6, 6.07) is 9.83. The molecule has 2 aliphatic heterocycles. The molecule has 0 saturated carbocycles. The molecule has 274 valence electrons. The van der Waals surface area contributed by atoms with Crippen molar-refractivity contribution in [1.29, 1.82) is 0 Å². The van der Waals surface area contributed by atoms with Crippen molar-refractivity contribution in [3.8, 4) is 0 Å². The number of benzene rings is 1. The number of nitrogens with two attached hydrogens (primary N) is 1. The van der Waals surface area contributed by atoms with Gasteiger partial charge in [0.05, 0.1) is 17.7 Å². The minimum Gasteiger partial charge on any atom is -0.463 e. The van der Waals surface area contributed by atoms with E-state index >= 15 is 0 Å². The first-order valence-corrected chi connectivity index (χ1v) is 18.4. The number of para-hydroxylation sites is 1. The fourth-order valence-corrected chi connectivity index (χ4v) is 7.95. The molecule has 49 heavy (non-hydrogen) atoms. The van der Waals surface area contributed by atoms with E-state index < -0.39 is 47.3 Å². The third-order valence-electron chi connectivity index (χ3n) is 10.5. The Morgan fingerprint density at radius 2 is 1.88 bits per heavy atom. The zero-order valence-corrected chi connectivity index (χ0v) is 31.1. The monoisotopic (exact) mass is 682 g/mol. The topological polar surface area (TPSA) is 136 Å². The largest absolute Gasteiger partial charge is 0.463 e. The number of ether oxygens (including phenoxy) is 3. The molecule has 10 heteroatoms. The summed E-state index contributed by atoms with van der Waals surface area (Å²) in [5.41, 5.74) is 6.49. The lowest BCUT2D eigenvalue weighted by Gasteiger charge is -2.45. The number of esters is 1. The van der Waals surface area contributed by atoms with Crippen LogP contribution in [0.25, 0.3) is 10.9 Å². The average Bonchev–Trinajstić information content (AvgIpc) is 3.05. The van der Waals surface area contributed by atoms with Crippen molar-refractivity contribution in [2.45, 2.75) is 131 Å². The Balaban J connectivity index is 1.50. The van der Waals surface area contributed by atoms with E-state index in [0.717, 1.165) is 68.3 Å². The molecular weight excluding hydrogens is 620 g/mol. The van der Waals surface area contributed by atoms with E-state index in [-0.39, 0.29) is 30.5 Å². The minimum absolute atomic E-state index is 0.0171. The van der Waals surface area contributed by atoms with E-state index in [1.165, 1.54) is 0 Å². The quantitative estimate of drug-likeness (QED) is 0.174. The number of Topliss-reactive ketones (excluding diaryl/α,β-unsaturated/α-hetero) is 1. The molecule has 0 radical (unpaired) electrons. The smallest absolute Gasteiger partial charge is 0.319 e. The van der Waals surface area contributed by atoms with Gasteiger partial charge in [0.1, 0.15) is 18.1 Å². The average molecular weight is 683 g/mol. The zero-order valence-electron chi connectivity index (χ0n) is 31.1. The predicted molar refractivity (Wildman–Crippen MR) is 193 cm³/mol. The first kappa shape index (κ1) is 39.3. The van der Waals surface area contributed by atoms with Crippen molar-refractivity contribution < 1.29 is 28.9 Å². The molecule has 2 aromatic rings. The van der Waals surface area contributed by atoms with Gasteiger partial charge < -0.3 is 30.4 Å². The molecule has 0 aliphatic carbocycles. The fourth-order valence-electron chi connectivity index (χ4n) is 7.95. The molecule has 4 N–H and O–H groups in total. The summed E-state index contributed by atoms with van der Waals surface area (Å²) < 4.78 is 18.6. The van der Waals surface area contributed by atoms with Gasteiger partial charge in [0, 0.05) is 42.7 Å². The van der Waals surface area contributed by atoms with Crippen LogP contribution in [-0.4, -0.2) is 89.7 Å². The van der Waals surface area contributed by atoms with Crippen LogP contribution >= 0.6 is 0 Å². The van der Waals surface area contributed by atoms with Crippen LogP contribution in [0, 0.1) is 22.7 Å². The molecule has 10 nitrogen and oxygen atoms in total. The summed E-state index contributed by atoms with van der Waals surface area (Å²) in [4.78, 5) is 34.9. The summed E-state index contributed by atoms with van der Waals surface area (Å²) >= 11 is 0.